The molecule has 6 atom stereocenters. The molecule has 43 heavy (non-hydrogen) atoms. The van der Waals surface area contributed by atoms with Gasteiger partial charge in [-0.05, 0) is 74.7 Å². The largest absolute Gasteiger partial charge is 0.365 e. The van der Waals surface area contributed by atoms with Crippen LogP contribution in [0.2, 0.25) is 0 Å². The highest BCUT2D eigenvalue weighted by molar-refractivity contribution is 6.06. The molecule has 5 heteroatoms. The summed E-state index contributed by atoms with van der Waals surface area (Å²) in [7, 11) is 0. The first-order chi connectivity index (χ1) is 20.0. The number of benzene rings is 1. The summed E-state index contributed by atoms with van der Waals surface area (Å²) in [6, 6.07) is 10.4. The first-order valence-electron chi connectivity index (χ1n) is 16.4. The molecule has 0 bridgehead atoms. The number of allylic oxidation sites excluding steroid dienone is 3. The summed E-state index contributed by atoms with van der Waals surface area (Å²) in [5.41, 5.74) is 0.0924. The number of imide groups is 1. The zero-order chi connectivity index (χ0) is 32.4. The highest BCUT2D eigenvalue weighted by Gasteiger charge is 2.62. The summed E-state index contributed by atoms with van der Waals surface area (Å²) in [6.45, 7) is 25.5. The molecule has 0 aromatic heterocycles. The van der Waals surface area contributed by atoms with E-state index in [1.54, 1.807) is 6.92 Å². The number of carbonyl (C=O) groups is 3. The fourth-order valence-corrected chi connectivity index (χ4v) is 7.56. The fourth-order valence-electron chi connectivity index (χ4n) is 7.56. The minimum Gasteiger partial charge on any atom is -0.365 e. The second-order valence-electron chi connectivity index (χ2n) is 15.0. The predicted octanol–water partition coefficient (Wildman–Crippen LogP) is 8.33. The van der Waals surface area contributed by atoms with E-state index in [1.165, 1.54) is 10.5 Å². The number of ketones is 1. The molecule has 5 nitrogen and oxygen atoms in total. The number of hydrogen-bond donors (Lipinski definition) is 0. The average molecular weight is 592 g/mol. The van der Waals surface area contributed by atoms with Crippen molar-refractivity contribution in [1.29, 1.82) is 0 Å². The van der Waals surface area contributed by atoms with Crippen molar-refractivity contribution in [3.63, 3.8) is 0 Å². The van der Waals surface area contributed by atoms with E-state index in [-0.39, 0.29) is 57.5 Å². The van der Waals surface area contributed by atoms with Gasteiger partial charge >= 0.3 is 0 Å². The third-order valence-electron chi connectivity index (χ3n) is 11.2. The van der Waals surface area contributed by atoms with Gasteiger partial charge in [0.2, 0.25) is 11.8 Å². The lowest BCUT2D eigenvalue weighted by molar-refractivity contribution is -0.143. The Morgan fingerprint density at radius 2 is 1.63 bits per heavy atom. The van der Waals surface area contributed by atoms with E-state index in [0.29, 0.717) is 25.8 Å². The molecule has 1 heterocycles. The number of rotatable bonds is 15. The number of Topliss-reactive ketones (excluding diaryl/α,β-unsaturated/α-hetero) is 1. The van der Waals surface area contributed by atoms with E-state index in [2.05, 4.69) is 90.6 Å². The SMILES string of the molecule is C=CC(C)(CC)C(C)(C)C1CC(/C=C/C(C)(C)c2ccccc2)C2C(=O)N(CCCC(C)(C)OC(C)C(=O)CC)C(=O)C21. The van der Waals surface area contributed by atoms with Crippen LogP contribution in [0, 0.1) is 34.5 Å². The zero-order valence-electron chi connectivity index (χ0n) is 28.5. The molecule has 0 spiro atoms. The number of likely N-dealkylation sites (tertiary alicyclic amines) is 1. The van der Waals surface area contributed by atoms with Crippen molar-refractivity contribution in [2.24, 2.45) is 34.5 Å². The Kier molecular flexibility index (Phi) is 10.7. The van der Waals surface area contributed by atoms with Crippen LogP contribution in [0.5, 0.6) is 0 Å². The molecular formula is C38H57NO4. The van der Waals surface area contributed by atoms with Gasteiger partial charge in [0.1, 0.15) is 6.10 Å². The van der Waals surface area contributed by atoms with E-state index < -0.39 is 11.7 Å². The molecule has 1 aromatic carbocycles. The van der Waals surface area contributed by atoms with Gasteiger partial charge in [-0.25, -0.2) is 0 Å². The van der Waals surface area contributed by atoms with E-state index in [0.717, 1.165) is 12.8 Å². The van der Waals surface area contributed by atoms with E-state index in [9.17, 15) is 14.4 Å². The van der Waals surface area contributed by atoms with Crippen LogP contribution in [0.15, 0.2) is 55.1 Å². The minimum atomic E-state index is -0.530. The summed E-state index contributed by atoms with van der Waals surface area (Å²) < 4.78 is 6.07. The molecule has 1 aliphatic carbocycles. The molecule has 6 unspecified atom stereocenters. The molecule has 3 rings (SSSR count). The van der Waals surface area contributed by atoms with Crippen LogP contribution in [-0.2, 0) is 24.5 Å². The maximum atomic E-state index is 14.2. The quantitative estimate of drug-likeness (QED) is 0.152. The third-order valence-corrected chi connectivity index (χ3v) is 11.2. The first kappa shape index (κ1) is 35.0. The van der Waals surface area contributed by atoms with Crippen LogP contribution in [0.25, 0.3) is 0 Å². The van der Waals surface area contributed by atoms with Crippen molar-refractivity contribution < 1.29 is 19.1 Å². The summed E-state index contributed by atoms with van der Waals surface area (Å²) in [5.74, 6) is -0.631. The van der Waals surface area contributed by atoms with Crippen LogP contribution in [-0.4, -0.2) is 40.7 Å². The first-order valence-corrected chi connectivity index (χ1v) is 16.4. The van der Waals surface area contributed by atoms with E-state index in [4.69, 9.17) is 4.74 Å². The van der Waals surface area contributed by atoms with Gasteiger partial charge in [0.15, 0.2) is 5.78 Å². The molecule has 1 aliphatic heterocycles. The lowest BCUT2D eigenvalue weighted by Crippen LogP contribution is -2.44. The van der Waals surface area contributed by atoms with Gasteiger partial charge in [-0.1, -0.05) is 97.0 Å². The second kappa shape index (κ2) is 13.2. The lowest BCUT2D eigenvalue weighted by Gasteiger charge is -2.48. The predicted molar refractivity (Wildman–Crippen MR) is 175 cm³/mol. The summed E-state index contributed by atoms with van der Waals surface area (Å²) >= 11 is 0. The fraction of sp³-hybridized carbons (Fsp3) is 0.658. The maximum absolute atomic E-state index is 14.2. The van der Waals surface area contributed by atoms with Crippen LogP contribution >= 0.6 is 0 Å². The average Bonchev–Trinajstić information content (AvgIpc) is 3.47. The summed E-state index contributed by atoms with van der Waals surface area (Å²) in [6.07, 6.45) is 9.50. The Labute approximate surface area is 261 Å². The van der Waals surface area contributed by atoms with Crippen molar-refractivity contribution in [1.82, 2.24) is 4.90 Å². The molecule has 238 valence electrons. The van der Waals surface area contributed by atoms with Crippen molar-refractivity contribution in [2.45, 2.75) is 118 Å². The van der Waals surface area contributed by atoms with Gasteiger partial charge in [0.25, 0.3) is 0 Å². The van der Waals surface area contributed by atoms with Gasteiger partial charge in [-0.2, -0.15) is 0 Å². The van der Waals surface area contributed by atoms with Crippen molar-refractivity contribution >= 4 is 17.6 Å². The number of nitrogens with zero attached hydrogens (tertiary/aromatic N) is 1. The monoisotopic (exact) mass is 591 g/mol. The van der Waals surface area contributed by atoms with Gasteiger partial charge in [-0.15, -0.1) is 6.58 Å². The molecule has 1 saturated heterocycles. The maximum Gasteiger partial charge on any atom is 0.233 e. The molecular weight excluding hydrogens is 534 g/mol. The highest BCUT2D eigenvalue weighted by atomic mass is 16.5. The van der Waals surface area contributed by atoms with E-state index in [1.807, 2.05) is 26.8 Å². The summed E-state index contributed by atoms with van der Waals surface area (Å²) in [5, 5.41) is 0. The Bertz CT molecular complexity index is 1200. The Morgan fingerprint density at radius 1 is 1.02 bits per heavy atom. The van der Waals surface area contributed by atoms with E-state index >= 15 is 0 Å². The number of amides is 2. The van der Waals surface area contributed by atoms with Crippen LogP contribution in [0.4, 0.5) is 0 Å². The molecule has 1 saturated carbocycles. The number of fused-ring (bicyclic) bond motifs is 1. The van der Waals surface area contributed by atoms with Crippen LogP contribution in [0.1, 0.15) is 107 Å². The molecule has 0 N–H and O–H groups in total. The van der Waals surface area contributed by atoms with Crippen molar-refractivity contribution in [3.05, 3.63) is 60.7 Å². The number of hydrogen-bond acceptors (Lipinski definition) is 4. The van der Waals surface area contributed by atoms with Crippen molar-refractivity contribution in [3.8, 4) is 0 Å². The van der Waals surface area contributed by atoms with Gasteiger partial charge < -0.3 is 4.74 Å². The molecule has 2 amide bonds. The molecule has 2 aliphatic rings. The highest BCUT2D eigenvalue weighted by Crippen LogP contribution is 2.60. The lowest BCUT2D eigenvalue weighted by atomic mass is 9.56. The topological polar surface area (TPSA) is 63.7 Å². The van der Waals surface area contributed by atoms with Crippen LogP contribution < -0.4 is 0 Å². The van der Waals surface area contributed by atoms with Gasteiger partial charge in [-0.3, -0.25) is 19.3 Å². The Balaban J connectivity index is 1.88. The molecule has 0 radical (unpaired) electrons. The Morgan fingerprint density at radius 3 is 2.19 bits per heavy atom. The van der Waals surface area contributed by atoms with Crippen LogP contribution in [0.3, 0.4) is 0 Å². The van der Waals surface area contributed by atoms with Crippen molar-refractivity contribution in [2.75, 3.05) is 6.54 Å². The normalized spacial score (nSPS) is 25.2. The standard InChI is InChI=1S/C38H57NO4/c1-12-30(40)26(4)43-36(7,8)22-18-24-39-33(41)31-27(21-23-35(5,6)28-19-16-15-17-20-28)25-29(32(31)34(39)42)37(9,10)38(11,13-2)14-3/h13,15-17,19-21,23,26-27,29,31-32H,2,12,14,18,22,24-25H2,1,3-11H3/b23-21+. The molecule has 1 aromatic rings. The number of ether oxygens (including phenoxy) is 1. The van der Waals surface area contributed by atoms with Gasteiger partial charge in [0, 0.05) is 18.4 Å². The Hall–Kier alpha value is -2.53. The molecule has 2 fully saturated rings. The third kappa shape index (κ3) is 7.08. The minimum absolute atomic E-state index is 0.00897. The number of carbonyl (C=O) groups excluding carboxylic acids is 3. The van der Waals surface area contributed by atoms with Gasteiger partial charge in [0.05, 0.1) is 17.4 Å². The summed E-state index contributed by atoms with van der Waals surface area (Å²) in [4.78, 5) is 41.9. The second-order valence-corrected chi connectivity index (χ2v) is 15.0. The zero-order valence-corrected chi connectivity index (χ0v) is 28.5. The smallest absolute Gasteiger partial charge is 0.233 e.